The molecule has 3 heterocycles. The lowest BCUT2D eigenvalue weighted by Gasteiger charge is -2.40. The summed E-state index contributed by atoms with van der Waals surface area (Å²) in [5.74, 6) is 0.457. The number of benzene rings is 1. The molecule has 0 saturated carbocycles. The van der Waals surface area contributed by atoms with E-state index in [0.29, 0.717) is 55.7 Å². The van der Waals surface area contributed by atoms with Crippen LogP contribution >= 0.6 is 11.3 Å². The molecule has 0 aliphatic carbocycles. The zero-order chi connectivity index (χ0) is 23.4. The van der Waals surface area contributed by atoms with Crippen molar-refractivity contribution in [3.63, 3.8) is 0 Å². The van der Waals surface area contributed by atoms with Gasteiger partial charge in [-0.2, -0.15) is 0 Å². The monoisotopic (exact) mass is 471 g/mol. The maximum Gasteiger partial charge on any atom is 0.274 e. The van der Waals surface area contributed by atoms with Gasteiger partial charge in [0.2, 0.25) is 11.8 Å². The number of piperidine rings is 1. The third kappa shape index (κ3) is 5.11. The van der Waals surface area contributed by atoms with E-state index < -0.39 is 6.04 Å². The summed E-state index contributed by atoms with van der Waals surface area (Å²) in [6.07, 6.45) is 2.42. The normalized spacial score (nSPS) is 18.7. The lowest BCUT2D eigenvalue weighted by Crippen LogP contribution is -2.57. The molecule has 2 aliphatic heterocycles. The number of carbonyl (C=O) groups is 3. The van der Waals surface area contributed by atoms with Crippen molar-refractivity contribution in [1.29, 1.82) is 0 Å². The summed E-state index contributed by atoms with van der Waals surface area (Å²) < 4.78 is 5.36. The Labute approximate surface area is 197 Å². The van der Waals surface area contributed by atoms with Crippen LogP contribution in [0, 0.1) is 0 Å². The van der Waals surface area contributed by atoms with Crippen LogP contribution in [0.2, 0.25) is 0 Å². The van der Waals surface area contributed by atoms with Gasteiger partial charge < -0.3 is 24.8 Å². The molecular weight excluding hydrogens is 442 g/mol. The number of nitrogens with zero attached hydrogens (tertiary/aromatic N) is 4. The number of ether oxygens (including phenoxy) is 1. The van der Waals surface area contributed by atoms with E-state index in [1.165, 1.54) is 11.3 Å². The summed E-state index contributed by atoms with van der Waals surface area (Å²) in [5, 5.41) is 5.52. The SMILES string of the molecule is COc1ccccc1Nc1nc(C(=O)N2CCCCC2C(=O)N2CCN(C(C)=O)CC2)cs1. The molecule has 1 N–H and O–H groups in total. The number of piperazine rings is 1. The summed E-state index contributed by atoms with van der Waals surface area (Å²) in [6, 6.07) is 7.02. The molecule has 1 aromatic carbocycles. The number of para-hydroxylation sites is 2. The van der Waals surface area contributed by atoms with Gasteiger partial charge >= 0.3 is 0 Å². The molecule has 2 fully saturated rings. The van der Waals surface area contributed by atoms with E-state index >= 15 is 0 Å². The predicted octanol–water partition coefficient (Wildman–Crippen LogP) is 2.58. The summed E-state index contributed by atoms with van der Waals surface area (Å²) in [5.41, 5.74) is 1.10. The molecule has 2 aromatic rings. The van der Waals surface area contributed by atoms with Gasteiger partial charge in [-0.1, -0.05) is 12.1 Å². The van der Waals surface area contributed by atoms with Crippen LogP contribution in [-0.2, 0) is 9.59 Å². The Balaban J connectivity index is 1.44. The van der Waals surface area contributed by atoms with Gasteiger partial charge in [0.1, 0.15) is 17.5 Å². The molecular formula is C23H29N5O4S. The molecule has 1 atom stereocenters. The standard InChI is InChI=1S/C23H29N5O4S/c1-16(29)26-11-13-27(14-12-26)22(31)19-8-5-6-10-28(19)21(30)18-15-33-23(25-18)24-17-7-3-4-9-20(17)32-2/h3-4,7,9,15,19H,5-6,8,10-14H2,1-2H3,(H,24,25). The van der Waals surface area contributed by atoms with Crippen LogP contribution in [0.1, 0.15) is 36.7 Å². The van der Waals surface area contributed by atoms with Gasteiger partial charge in [-0.3, -0.25) is 14.4 Å². The van der Waals surface area contributed by atoms with Gasteiger partial charge in [-0.15, -0.1) is 11.3 Å². The lowest BCUT2D eigenvalue weighted by atomic mass is 10.00. The lowest BCUT2D eigenvalue weighted by molar-refractivity contribution is -0.142. The van der Waals surface area contributed by atoms with E-state index in [0.717, 1.165) is 18.5 Å². The number of hydrogen-bond acceptors (Lipinski definition) is 7. The highest BCUT2D eigenvalue weighted by atomic mass is 32.1. The first-order chi connectivity index (χ1) is 16.0. The third-order valence-electron chi connectivity index (χ3n) is 6.16. The second-order valence-electron chi connectivity index (χ2n) is 8.20. The fourth-order valence-corrected chi connectivity index (χ4v) is 5.02. The topological polar surface area (TPSA) is 95.1 Å². The van der Waals surface area contributed by atoms with Gasteiger partial charge in [0.05, 0.1) is 12.8 Å². The van der Waals surface area contributed by atoms with Crippen molar-refractivity contribution in [3.8, 4) is 5.75 Å². The van der Waals surface area contributed by atoms with E-state index in [2.05, 4.69) is 10.3 Å². The Morgan fingerprint density at radius 1 is 1.06 bits per heavy atom. The molecule has 4 rings (SSSR count). The van der Waals surface area contributed by atoms with Gasteiger partial charge in [0.15, 0.2) is 5.13 Å². The predicted molar refractivity (Wildman–Crippen MR) is 126 cm³/mol. The first-order valence-corrected chi connectivity index (χ1v) is 12.1. The Kier molecular flexibility index (Phi) is 7.12. The Hall–Kier alpha value is -3.14. The van der Waals surface area contributed by atoms with Gasteiger partial charge in [0, 0.05) is 45.0 Å². The fraction of sp³-hybridized carbons (Fsp3) is 0.478. The molecule has 1 unspecified atom stereocenters. The molecule has 0 spiro atoms. The molecule has 2 aliphatic rings. The average molecular weight is 472 g/mol. The number of carbonyl (C=O) groups excluding carboxylic acids is 3. The number of methoxy groups -OCH3 is 1. The molecule has 0 radical (unpaired) electrons. The first kappa shape index (κ1) is 23.0. The van der Waals surface area contributed by atoms with Gasteiger partial charge in [-0.05, 0) is 31.4 Å². The van der Waals surface area contributed by atoms with E-state index in [4.69, 9.17) is 4.74 Å². The maximum atomic E-state index is 13.3. The van der Waals surface area contributed by atoms with E-state index in [9.17, 15) is 14.4 Å². The number of thiazole rings is 1. The smallest absolute Gasteiger partial charge is 0.274 e. The molecule has 0 bridgehead atoms. The maximum absolute atomic E-state index is 13.3. The molecule has 33 heavy (non-hydrogen) atoms. The van der Waals surface area contributed by atoms with E-state index in [-0.39, 0.29) is 17.7 Å². The molecule has 10 heteroatoms. The van der Waals surface area contributed by atoms with Crippen molar-refractivity contribution in [1.82, 2.24) is 19.7 Å². The van der Waals surface area contributed by atoms with Crippen LogP contribution in [0.3, 0.4) is 0 Å². The minimum atomic E-state index is -0.484. The molecule has 3 amide bonds. The molecule has 176 valence electrons. The first-order valence-electron chi connectivity index (χ1n) is 11.2. The summed E-state index contributed by atoms with van der Waals surface area (Å²) >= 11 is 1.34. The van der Waals surface area contributed by atoms with Crippen molar-refractivity contribution < 1.29 is 19.1 Å². The van der Waals surface area contributed by atoms with Crippen LogP contribution in [0.5, 0.6) is 5.75 Å². The summed E-state index contributed by atoms with van der Waals surface area (Å²) in [4.78, 5) is 47.9. The van der Waals surface area contributed by atoms with Crippen molar-refractivity contribution in [2.45, 2.75) is 32.2 Å². The van der Waals surface area contributed by atoms with Crippen molar-refractivity contribution >= 4 is 39.9 Å². The number of amides is 3. The van der Waals surface area contributed by atoms with Crippen LogP contribution in [0.4, 0.5) is 10.8 Å². The highest BCUT2D eigenvalue weighted by Gasteiger charge is 2.37. The minimum Gasteiger partial charge on any atom is -0.495 e. The zero-order valence-electron chi connectivity index (χ0n) is 19.0. The summed E-state index contributed by atoms with van der Waals surface area (Å²) in [7, 11) is 1.60. The van der Waals surface area contributed by atoms with E-state index in [1.54, 1.807) is 34.1 Å². The fourth-order valence-electron chi connectivity index (χ4n) is 4.32. The highest BCUT2D eigenvalue weighted by Crippen LogP contribution is 2.29. The molecule has 9 nitrogen and oxygen atoms in total. The number of nitrogens with one attached hydrogen (secondary N) is 1. The Morgan fingerprint density at radius 2 is 1.79 bits per heavy atom. The second-order valence-corrected chi connectivity index (χ2v) is 9.06. The van der Waals surface area contributed by atoms with E-state index in [1.807, 2.05) is 24.3 Å². The Bertz CT molecular complexity index is 1020. The molecule has 1 aromatic heterocycles. The van der Waals surface area contributed by atoms with Crippen molar-refractivity contribution in [2.75, 3.05) is 45.2 Å². The van der Waals surface area contributed by atoms with Gasteiger partial charge in [-0.25, -0.2) is 4.98 Å². The second kappa shape index (κ2) is 10.2. The minimum absolute atomic E-state index is 0.0256. The van der Waals surface area contributed by atoms with Gasteiger partial charge in [0.25, 0.3) is 5.91 Å². The van der Waals surface area contributed by atoms with Crippen molar-refractivity contribution in [3.05, 3.63) is 35.3 Å². The van der Waals surface area contributed by atoms with Crippen molar-refractivity contribution in [2.24, 2.45) is 0 Å². The largest absolute Gasteiger partial charge is 0.495 e. The number of rotatable bonds is 5. The number of aromatic nitrogens is 1. The number of anilines is 2. The third-order valence-corrected chi connectivity index (χ3v) is 6.91. The zero-order valence-corrected chi connectivity index (χ0v) is 19.8. The van der Waals surface area contributed by atoms with Crippen LogP contribution in [0.15, 0.2) is 29.6 Å². The summed E-state index contributed by atoms with van der Waals surface area (Å²) in [6.45, 7) is 4.15. The number of hydrogen-bond donors (Lipinski definition) is 1. The van der Waals surface area contributed by atoms with Crippen LogP contribution < -0.4 is 10.1 Å². The molecule has 2 saturated heterocycles. The van der Waals surface area contributed by atoms with Crippen LogP contribution in [0.25, 0.3) is 0 Å². The quantitative estimate of drug-likeness (QED) is 0.720. The highest BCUT2D eigenvalue weighted by molar-refractivity contribution is 7.14. The van der Waals surface area contributed by atoms with Crippen LogP contribution in [-0.4, -0.2) is 83.3 Å². The number of likely N-dealkylation sites (tertiary alicyclic amines) is 1. The average Bonchev–Trinajstić information content (AvgIpc) is 3.32. The Morgan fingerprint density at radius 3 is 2.52 bits per heavy atom.